The van der Waals surface area contributed by atoms with Crippen molar-refractivity contribution in [2.75, 3.05) is 0 Å². The van der Waals surface area contributed by atoms with E-state index in [1.807, 2.05) is 0 Å². The van der Waals surface area contributed by atoms with Crippen molar-refractivity contribution in [3.63, 3.8) is 0 Å². The summed E-state index contributed by atoms with van der Waals surface area (Å²) >= 11 is 0. The molecule has 1 aromatic heterocycles. The Labute approximate surface area is 127 Å². The number of carbonyl (C=O) groups is 3. The normalized spacial score (nSPS) is 34.3. The van der Waals surface area contributed by atoms with Gasteiger partial charge in [0.25, 0.3) is 0 Å². The topological polar surface area (TPSA) is 87.8 Å². The Morgan fingerprint density at radius 2 is 1.91 bits per heavy atom. The molecule has 2 bridgehead atoms. The van der Waals surface area contributed by atoms with E-state index in [0.29, 0.717) is 17.6 Å². The van der Waals surface area contributed by atoms with Gasteiger partial charge in [0, 0.05) is 0 Å². The lowest BCUT2D eigenvalue weighted by atomic mass is 9.81. The molecule has 2 saturated carbocycles. The SMILES string of the molecule is O=C(O)C[C@@H](c1ccco1)N1C(=O)[C@@H]2[C@@H]3CC[C@@H](C3)[C@@H]2C1=O. The number of amides is 2. The smallest absolute Gasteiger partial charge is 0.305 e. The monoisotopic (exact) mass is 303 g/mol. The number of carboxylic acid groups (broad SMARTS) is 1. The van der Waals surface area contributed by atoms with Gasteiger partial charge in [-0.15, -0.1) is 0 Å². The van der Waals surface area contributed by atoms with Crippen LogP contribution < -0.4 is 0 Å². The van der Waals surface area contributed by atoms with E-state index in [2.05, 4.69) is 0 Å². The largest absolute Gasteiger partial charge is 0.481 e. The number of fused-ring (bicyclic) bond motifs is 5. The Morgan fingerprint density at radius 1 is 1.27 bits per heavy atom. The van der Waals surface area contributed by atoms with Crippen molar-refractivity contribution in [3.8, 4) is 0 Å². The number of hydrogen-bond donors (Lipinski definition) is 1. The first-order valence-electron chi connectivity index (χ1n) is 7.70. The van der Waals surface area contributed by atoms with Gasteiger partial charge in [-0.2, -0.15) is 0 Å². The summed E-state index contributed by atoms with van der Waals surface area (Å²) in [6, 6.07) is 2.42. The first kappa shape index (κ1) is 13.5. The molecule has 1 N–H and O–H groups in total. The van der Waals surface area contributed by atoms with Gasteiger partial charge in [0.05, 0.1) is 24.5 Å². The van der Waals surface area contributed by atoms with E-state index >= 15 is 0 Å². The first-order chi connectivity index (χ1) is 10.6. The zero-order valence-electron chi connectivity index (χ0n) is 12.0. The summed E-state index contributed by atoms with van der Waals surface area (Å²) in [5.41, 5.74) is 0. The summed E-state index contributed by atoms with van der Waals surface area (Å²) < 4.78 is 5.29. The van der Waals surface area contributed by atoms with Gasteiger partial charge in [-0.05, 0) is 43.2 Å². The van der Waals surface area contributed by atoms with Crippen LogP contribution in [0.5, 0.6) is 0 Å². The van der Waals surface area contributed by atoms with Crippen LogP contribution in [-0.4, -0.2) is 27.8 Å². The Bertz CT molecular complexity index is 609. The maximum absolute atomic E-state index is 12.8. The van der Waals surface area contributed by atoms with Crippen molar-refractivity contribution in [3.05, 3.63) is 24.2 Å². The Morgan fingerprint density at radius 3 is 2.41 bits per heavy atom. The van der Waals surface area contributed by atoms with Crippen molar-refractivity contribution < 1.29 is 23.9 Å². The molecule has 116 valence electrons. The van der Waals surface area contributed by atoms with Crippen molar-refractivity contribution >= 4 is 17.8 Å². The van der Waals surface area contributed by atoms with Crippen LogP contribution in [-0.2, 0) is 14.4 Å². The van der Waals surface area contributed by atoms with E-state index in [0.717, 1.165) is 19.3 Å². The molecule has 0 spiro atoms. The van der Waals surface area contributed by atoms with E-state index < -0.39 is 12.0 Å². The molecule has 1 saturated heterocycles. The summed E-state index contributed by atoms with van der Waals surface area (Å²) in [5, 5.41) is 9.14. The highest BCUT2D eigenvalue weighted by molar-refractivity contribution is 6.06. The minimum Gasteiger partial charge on any atom is -0.481 e. The summed E-state index contributed by atoms with van der Waals surface area (Å²) in [5.74, 6) is -1.000. The van der Waals surface area contributed by atoms with Gasteiger partial charge < -0.3 is 9.52 Å². The Kier molecular flexibility index (Phi) is 2.89. The predicted octanol–water partition coefficient (Wildman–Crippen LogP) is 1.83. The van der Waals surface area contributed by atoms with E-state index in [1.54, 1.807) is 12.1 Å². The molecule has 6 heteroatoms. The molecule has 6 nitrogen and oxygen atoms in total. The number of imide groups is 1. The quantitative estimate of drug-likeness (QED) is 0.857. The molecule has 0 radical (unpaired) electrons. The van der Waals surface area contributed by atoms with Crippen molar-refractivity contribution in [2.45, 2.75) is 31.7 Å². The fourth-order valence-electron chi connectivity index (χ4n) is 4.70. The highest BCUT2D eigenvalue weighted by Crippen LogP contribution is 2.57. The lowest BCUT2D eigenvalue weighted by Gasteiger charge is -2.25. The maximum Gasteiger partial charge on any atom is 0.305 e. The molecule has 2 heterocycles. The van der Waals surface area contributed by atoms with Crippen molar-refractivity contribution in [1.82, 2.24) is 4.90 Å². The highest BCUT2D eigenvalue weighted by atomic mass is 16.4. The number of carboxylic acids is 1. The van der Waals surface area contributed by atoms with Crippen LogP contribution in [0.4, 0.5) is 0 Å². The molecule has 0 aromatic carbocycles. The molecule has 3 aliphatic rings. The van der Waals surface area contributed by atoms with Crippen LogP contribution in [0.2, 0.25) is 0 Å². The lowest BCUT2D eigenvalue weighted by Crippen LogP contribution is -2.37. The van der Waals surface area contributed by atoms with Gasteiger partial charge in [-0.1, -0.05) is 0 Å². The standard InChI is InChI=1S/C16H17NO5/c18-12(19)7-10(11-2-1-5-22-11)17-15(20)13-8-3-4-9(6-8)14(13)16(17)21/h1-2,5,8-10,13-14H,3-4,6-7H2,(H,18,19)/t8-,9+,10-,13-,14+/m0/s1. The van der Waals surface area contributed by atoms with Gasteiger partial charge in [-0.25, -0.2) is 0 Å². The number of rotatable bonds is 4. The van der Waals surface area contributed by atoms with Gasteiger partial charge in [0.15, 0.2) is 0 Å². The zero-order valence-corrected chi connectivity index (χ0v) is 12.0. The number of hydrogen-bond acceptors (Lipinski definition) is 4. The Balaban J connectivity index is 1.70. The van der Waals surface area contributed by atoms with E-state index in [1.165, 1.54) is 11.2 Å². The number of furan rings is 1. The highest BCUT2D eigenvalue weighted by Gasteiger charge is 2.62. The molecule has 22 heavy (non-hydrogen) atoms. The number of likely N-dealkylation sites (tertiary alicyclic amines) is 1. The molecular weight excluding hydrogens is 286 g/mol. The molecule has 4 rings (SSSR count). The summed E-state index contributed by atoms with van der Waals surface area (Å²) in [4.78, 5) is 37.9. The van der Waals surface area contributed by atoms with Gasteiger partial charge in [0.1, 0.15) is 11.8 Å². The van der Waals surface area contributed by atoms with Crippen LogP contribution in [0.3, 0.4) is 0 Å². The minimum atomic E-state index is -1.05. The van der Waals surface area contributed by atoms with Crippen LogP contribution in [0.1, 0.15) is 37.5 Å². The molecule has 3 fully saturated rings. The summed E-state index contributed by atoms with van der Waals surface area (Å²) in [6.07, 6.45) is 4.08. The molecule has 2 aliphatic carbocycles. The van der Waals surface area contributed by atoms with E-state index in [9.17, 15) is 14.4 Å². The fourth-order valence-corrected chi connectivity index (χ4v) is 4.70. The van der Waals surface area contributed by atoms with E-state index in [4.69, 9.17) is 9.52 Å². The fraction of sp³-hybridized carbons (Fsp3) is 0.562. The third kappa shape index (κ3) is 1.76. The second-order valence-corrected chi connectivity index (χ2v) is 6.56. The number of aliphatic carboxylic acids is 1. The van der Waals surface area contributed by atoms with Crippen LogP contribution in [0.25, 0.3) is 0 Å². The molecule has 1 aliphatic heterocycles. The third-order valence-electron chi connectivity index (χ3n) is 5.51. The molecule has 2 amide bonds. The molecule has 0 unspecified atom stereocenters. The van der Waals surface area contributed by atoms with Crippen LogP contribution >= 0.6 is 0 Å². The van der Waals surface area contributed by atoms with E-state index in [-0.39, 0.29) is 30.1 Å². The first-order valence-corrected chi connectivity index (χ1v) is 7.70. The van der Waals surface area contributed by atoms with Crippen molar-refractivity contribution in [1.29, 1.82) is 0 Å². The predicted molar refractivity (Wildman–Crippen MR) is 73.4 cm³/mol. The summed E-state index contributed by atoms with van der Waals surface area (Å²) in [7, 11) is 0. The van der Waals surface area contributed by atoms with Crippen molar-refractivity contribution in [2.24, 2.45) is 23.7 Å². The minimum absolute atomic E-state index is 0.204. The number of nitrogens with zero attached hydrogens (tertiary/aromatic N) is 1. The second-order valence-electron chi connectivity index (χ2n) is 6.56. The van der Waals surface area contributed by atoms with Crippen LogP contribution in [0.15, 0.2) is 22.8 Å². The van der Waals surface area contributed by atoms with Crippen LogP contribution in [0, 0.1) is 23.7 Å². The third-order valence-corrected chi connectivity index (χ3v) is 5.51. The second kappa shape index (κ2) is 4.69. The van der Waals surface area contributed by atoms with Gasteiger partial charge >= 0.3 is 5.97 Å². The average Bonchev–Trinajstić information content (AvgIpc) is 3.22. The Hall–Kier alpha value is -2.11. The average molecular weight is 303 g/mol. The van der Waals surface area contributed by atoms with Gasteiger partial charge in [-0.3, -0.25) is 19.3 Å². The molecule has 5 atom stereocenters. The zero-order chi connectivity index (χ0) is 15.4. The lowest BCUT2D eigenvalue weighted by molar-refractivity contribution is -0.147. The maximum atomic E-state index is 12.8. The van der Waals surface area contributed by atoms with Gasteiger partial charge in [0.2, 0.25) is 11.8 Å². The molecular formula is C16H17NO5. The molecule has 1 aromatic rings. The summed E-state index contributed by atoms with van der Waals surface area (Å²) in [6.45, 7) is 0. The number of carbonyl (C=O) groups excluding carboxylic acids is 2.